The van der Waals surface area contributed by atoms with Gasteiger partial charge < -0.3 is 15.8 Å². The van der Waals surface area contributed by atoms with Gasteiger partial charge >= 0.3 is 6.09 Å². The van der Waals surface area contributed by atoms with Crippen molar-refractivity contribution < 1.29 is 13.9 Å². The summed E-state index contributed by atoms with van der Waals surface area (Å²) >= 11 is 0. The first-order valence-electron chi connectivity index (χ1n) is 3.58. The highest BCUT2D eigenvalue weighted by Crippen LogP contribution is 2.19. The minimum Gasteiger partial charge on any atom is -0.407 e. The molecule has 0 bridgehead atoms. The maximum atomic E-state index is 13.0. The number of carbonyl (C=O) groups excluding carboxylic acids is 1. The molecule has 0 unspecified atom stereocenters. The Labute approximate surface area is 74.5 Å². The van der Waals surface area contributed by atoms with Gasteiger partial charge in [-0.25, -0.2) is 9.18 Å². The number of amides is 1. The van der Waals surface area contributed by atoms with Crippen LogP contribution in [0, 0.1) is 5.82 Å². The van der Waals surface area contributed by atoms with E-state index in [9.17, 15) is 9.18 Å². The smallest absolute Gasteiger partial charge is 0.407 e. The van der Waals surface area contributed by atoms with Crippen molar-refractivity contribution in [2.45, 2.75) is 0 Å². The quantitative estimate of drug-likeness (QED) is 0.643. The summed E-state index contributed by atoms with van der Waals surface area (Å²) in [7, 11) is 1.39. The molecule has 1 aromatic carbocycles. The minimum atomic E-state index is -0.719. The number of anilines is 1. The van der Waals surface area contributed by atoms with Gasteiger partial charge in [-0.15, -0.1) is 0 Å². The number of halogens is 1. The number of rotatable bonds is 1. The van der Waals surface area contributed by atoms with Crippen LogP contribution >= 0.6 is 0 Å². The Balaban J connectivity index is 2.83. The molecule has 0 radical (unpaired) electrons. The zero-order chi connectivity index (χ0) is 9.84. The summed E-state index contributed by atoms with van der Waals surface area (Å²) < 4.78 is 17.5. The fourth-order valence-corrected chi connectivity index (χ4v) is 0.751. The Kier molecular flexibility index (Phi) is 2.69. The highest BCUT2D eigenvalue weighted by Gasteiger charge is 2.07. The SMILES string of the molecule is CNC(=O)Oc1ccc(N)cc1F. The van der Waals surface area contributed by atoms with Gasteiger partial charge in [0.2, 0.25) is 0 Å². The van der Waals surface area contributed by atoms with E-state index < -0.39 is 11.9 Å². The molecule has 0 aromatic heterocycles. The van der Waals surface area contributed by atoms with E-state index in [-0.39, 0.29) is 11.4 Å². The molecular formula is C8H9FN2O2. The van der Waals surface area contributed by atoms with Crippen LogP contribution in [0.5, 0.6) is 5.75 Å². The minimum absolute atomic E-state index is 0.145. The summed E-state index contributed by atoms with van der Waals surface area (Å²) in [4.78, 5) is 10.7. The monoisotopic (exact) mass is 184 g/mol. The molecule has 0 aliphatic carbocycles. The van der Waals surface area contributed by atoms with E-state index in [4.69, 9.17) is 5.73 Å². The maximum absolute atomic E-state index is 13.0. The lowest BCUT2D eigenvalue weighted by molar-refractivity contribution is 0.201. The molecule has 1 aromatic rings. The van der Waals surface area contributed by atoms with Crippen molar-refractivity contribution in [2.24, 2.45) is 0 Å². The largest absolute Gasteiger partial charge is 0.412 e. The first kappa shape index (κ1) is 9.31. The zero-order valence-corrected chi connectivity index (χ0v) is 7.00. The standard InChI is InChI=1S/C8H9FN2O2/c1-11-8(12)13-7-3-2-5(10)4-6(7)9/h2-4H,10H2,1H3,(H,11,12). The van der Waals surface area contributed by atoms with Gasteiger partial charge in [-0.1, -0.05) is 0 Å². The first-order valence-corrected chi connectivity index (χ1v) is 3.58. The van der Waals surface area contributed by atoms with Crippen LogP contribution in [0.25, 0.3) is 0 Å². The molecule has 13 heavy (non-hydrogen) atoms. The average Bonchev–Trinajstić information content (AvgIpc) is 2.09. The lowest BCUT2D eigenvalue weighted by Gasteiger charge is -2.04. The molecule has 0 atom stereocenters. The molecule has 0 heterocycles. The van der Waals surface area contributed by atoms with E-state index >= 15 is 0 Å². The number of carbonyl (C=O) groups is 1. The second kappa shape index (κ2) is 3.75. The lowest BCUT2D eigenvalue weighted by Crippen LogP contribution is -2.22. The summed E-state index contributed by atoms with van der Waals surface area (Å²) in [5.41, 5.74) is 5.57. The Bertz CT molecular complexity index is 328. The Morgan fingerprint density at radius 1 is 1.62 bits per heavy atom. The molecule has 0 saturated heterocycles. The van der Waals surface area contributed by atoms with Crippen LogP contribution < -0.4 is 15.8 Å². The van der Waals surface area contributed by atoms with Gasteiger partial charge in [0.1, 0.15) is 0 Å². The molecule has 4 nitrogen and oxygen atoms in total. The predicted octanol–water partition coefficient (Wildman–Crippen LogP) is 1.13. The lowest BCUT2D eigenvalue weighted by atomic mass is 10.3. The highest BCUT2D eigenvalue weighted by atomic mass is 19.1. The molecule has 1 rings (SSSR count). The maximum Gasteiger partial charge on any atom is 0.412 e. The van der Waals surface area contributed by atoms with Crippen LogP contribution in [0.4, 0.5) is 14.9 Å². The topological polar surface area (TPSA) is 64.3 Å². The highest BCUT2D eigenvalue weighted by molar-refractivity contribution is 5.70. The summed E-state index contributed by atoms with van der Waals surface area (Å²) in [6, 6.07) is 3.82. The molecular weight excluding hydrogens is 175 g/mol. The van der Waals surface area contributed by atoms with Gasteiger partial charge in [0.25, 0.3) is 0 Å². The van der Waals surface area contributed by atoms with Gasteiger partial charge in [0, 0.05) is 18.8 Å². The van der Waals surface area contributed by atoms with Gasteiger partial charge in [-0.05, 0) is 12.1 Å². The molecule has 0 spiro atoms. The molecule has 0 fully saturated rings. The van der Waals surface area contributed by atoms with E-state index in [0.717, 1.165) is 6.07 Å². The predicted molar refractivity (Wildman–Crippen MR) is 45.9 cm³/mol. The van der Waals surface area contributed by atoms with Gasteiger partial charge in [-0.2, -0.15) is 0 Å². The third-order valence-corrected chi connectivity index (χ3v) is 1.36. The van der Waals surface area contributed by atoms with Crippen molar-refractivity contribution in [1.82, 2.24) is 5.32 Å². The van der Waals surface area contributed by atoms with E-state index in [0.29, 0.717) is 0 Å². The molecule has 0 aliphatic heterocycles. The van der Waals surface area contributed by atoms with Crippen molar-refractivity contribution in [3.8, 4) is 5.75 Å². The molecule has 1 amide bonds. The Hall–Kier alpha value is -1.78. The molecule has 0 aliphatic rings. The number of nitrogens with one attached hydrogen (secondary N) is 1. The summed E-state index contributed by atoms with van der Waals surface area (Å²) in [6.07, 6.45) is -0.719. The number of nitrogens with two attached hydrogens (primary N) is 1. The van der Waals surface area contributed by atoms with Crippen molar-refractivity contribution in [1.29, 1.82) is 0 Å². The fourth-order valence-electron chi connectivity index (χ4n) is 0.751. The van der Waals surface area contributed by atoms with Gasteiger partial charge in [0.15, 0.2) is 11.6 Å². The molecule has 0 saturated carbocycles. The van der Waals surface area contributed by atoms with Crippen LogP contribution in [0.3, 0.4) is 0 Å². The normalized spacial score (nSPS) is 9.38. The van der Waals surface area contributed by atoms with Crippen molar-refractivity contribution >= 4 is 11.8 Å². The number of hydrogen-bond donors (Lipinski definition) is 2. The van der Waals surface area contributed by atoms with Crippen LogP contribution in [-0.4, -0.2) is 13.1 Å². The zero-order valence-electron chi connectivity index (χ0n) is 7.00. The Morgan fingerprint density at radius 2 is 2.31 bits per heavy atom. The second-order valence-electron chi connectivity index (χ2n) is 2.33. The summed E-state index contributed by atoms with van der Waals surface area (Å²) in [5, 5.41) is 2.20. The summed E-state index contributed by atoms with van der Waals surface area (Å²) in [6.45, 7) is 0. The number of ether oxygens (including phenoxy) is 1. The number of nitrogen functional groups attached to an aromatic ring is 1. The third kappa shape index (κ3) is 2.33. The third-order valence-electron chi connectivity index (χ3n) is 1.36. The van der Waals surface area contributed by atoms with Gasteiger partial charge in [0.05, 0.1) is 0 Å². The van der Waals surface area contributed by atoms with Crippen LogP contribution in [-0.2, 0) is 0 Å². The number of hydrogen-bond acceptors (Lipinski definition) is 3. The van der Waals surface area contributed by atoms with Crippen LogP contribution in [0.15, 0.2) is 18.2 Å². The molecule has 3 N–H and O–H groups in total. The van der Waals surface area contributed by atoms with Crippen molar-refractivity contribution in [2.75, 3.05) is 12.8 Å². The average molecular weight is 184 g/mol. The van der Waals surface area contributed by atoms with Crippen LogP contribution in [0.1, 0.15) is 0 Å². The second-order valence-corrected chi connectivity index (χ2v) is 2.33. The van der Waals surface area contributed by atoms with Crippen molar-refractivity contribution in [3.63, 3.8) is 0 Å². The fraction of sp³-hybridized carbons (Fsp3) is 0.125. The molecule has 5 heteroatoms. The number of benzene rings is 1. The van der Waals surface area contributed by atoms with Gasteiger partial charge in [-0.3, -0.25) is 0 Å². The van der Waals surface area contributed by atoms with E-state index in [1.165, 1.54) is 19.2 Å². The van der Waals surface area contributed by atoms with E-state index in [1.54, 1.807) is 0 Å². The first-order chi connectivity index (χ1) is 6.13. The van der Waals surface area contributed by atoms with Crippen molar-refractivity contribution in [3.05, 3.63) is 24.0 Å². The molecule has 70 valence electrons. The van der Waals surface area contributed by atoms with Crippen LogP contribution in [0.2, 0.25) is 0 Å². The summed E-state index contributed by atoms with van der Waals surface area (Å²) in [5.74, 6) is -0.808. The van der Waals surface area contributed by atoms with E-state index in [2.05, 4.69) is 10.1 Å². The Morgan fingerprint density at radius 3 is 2.85 bits per heavy atom. The van der Waals surface area contributed by atoms with E-state index in [1.807, 2.05) is 0 Å².